The Bertz CT molecular complexity index is 1420. The lowest BCUT2D eigenvalue weighted by Gasteiger charge is -2.11. The van der Waals surface area contributed by atoms with Gasteiger partial charge in [-0.3, -0.25) is 9.36 Å². The third-order valence-corrected chi connectivity index (χ3v) is 6.39. The van der Waals surface area contributed by atoms with Crippen molar-refractivity contribution in [3.63, 3.8) is 0 Å². The summed E-state index contributed by atoms with van der Waals surface area (Å²) in [5, 5.41) is 13.9. The molecular formula is C27H24ClN5O4S. The zero-order valence-electron chi connectivity index (χ0n) is 20.6. The van der Waals surface area contributed by atoms with Crippen LogP contribution in [-0.4, -0.2) is 52.3 Å². The van der Waals surface area contributed by atoms with Gasteiger partial charge in [-0.2, -0.15) is 5.10 Å². The summed E-state index contributed by atoms with van der Waals surface area (Å²) >= 11 is 7.30. The average molecular weight is 550 g/mol. The zero-order valence-corrected chi connectivity index (χ0v) is 22.2. The van der Waals surface area contributed by atoms with E-state index in [4.69, 9.17) is 16.3 Å². The summed E-state index contributed by atoms with van der Waals surface area (Å²) in [7, 11) is 1.32. The molecule has 1 aromatic heterocycles. The molecule has 0 spiro atoms. The molecule has 9 nitrogen and oxygen atoms in total. The highest BCUT2D eigenvalue weighted by Gasteiger charge is 2.17. The maximum absolute atomic E-state index is 12.5. The van der Waals surface area contributed by atoms with Crippen molar-refractivity contribution in [2.75, 3.05) is 19.5 Å². The highest BCUT2D eigenvalue weighted by atomic mass is 35.5. The van der Waals surface area contributed by atoms with Crippen LogP contribution in [0, 0.1) is 0 Å². The van der Waals surface area contributed by atoms with Crippen LogP contribution >= 0.6 is 23.4 Å². The van der Waals surface area contributed by atoms with Crippen molar-refractivity contribution in [2.45, 2.75) is 12.1 Å². The quantitative estimate of drug-likeness (QED) is 0.128. The van der Waals surface area contributed by atoms with Crippen molar-refractivity contribution in [2.24, 2.45) is 5.10 Å². The van der Waals surface area contributed by atoms with Gasteiger partial charge >= 0.3 is 5.97 Å². The molecule has 0 saturated carbocycles. The van der Waals surface area contributed by atoms with E-state index in [-0.39, 0.29) is 11.7 Å². The highest BCUT2D eigenvalue weighted by molar-refractivity contribution is 7.99. The lowest BCUT2D eigenvalue weighted by molar-refractivity contribution is -0.118. The molecule has 4 rings (SSSR count). The monoisotopic (exact) mass is 549 g/mol. The molecule has 1 heterocycles. The van der Waals surface area contributed by atoms with Gasteiger partial charge < -0.3 is 9.47 Å². The predicted octanol–water partition coefficient (Wildman–Crippen LogP) is 5.02. The van der Waals surface area contributed by atoms with Gasteiger partial charge in [-0.1, -0.05) is 35.5 Å². The molecule has 1 amide bonds. The fraction of sp³-hybridized carbons (Fsp3) is 0.148. The number of methoxy groups -OCH3 is 1. The molecule has 0 aliphatic rings. The van der Waals surface area contributed by atoms with Gasteiger partial charge in [0.15, 0.2) is 11.0 Å². The number of hydrogen-bond donors (Lipinski definition) is 1. The first-order valence-electron chi connectivity index (χ1n) is 11.6. The number of carbonyl (C=O) groups excluding carboxylic acids is 2. The summed E-state index contributed by atoms with van der Waals surface area (Å²) in [6.07, 6.45) is 1.49. The molecule has 0 aliphatic heterocycles. The highest BCUT2D eigenvalue weighted by Crippen LogP contribution is 2.29. The van der Waals surface area contributed by atoms with Crippen LogP contribution in [0.3, 0.4) is 0 Å². The Labute approximate surface area is 228 Å². The van der Waals surface area contributed by atoms with E-state index in [1.807, 2.05) is 47.9 Å². The minimum atomic E-state index is -0.420. The second kappa shape index (κ2) is 12.9. The van der Waals surface area contributed by atoms with Crippen molar-refractivity contribution in [1.82, 2.24) is 20.2 Å². The second-order valence-corrected chi connectivity index (χ2v) is 9.15. The van der Waals surface area contributed by atoms with E-state index in [2.05, 4.69) is 25.5 Å². The number of benzene rings is 3. The normalized spacial score (nSPS) is 10.9. The zero-order chi connectivity index (χ0) is 26.9. The minimum Gasteiger partial charge on any atom is -0.494 e. The lowest BCUT2D eigenvalue weighted by Crippen LogP contribution is -2.20. The maximum Gasteiger partial charge on any atom is 0.337 e. The molecule has 38 heavy (non-hydrogen) atoms. The Morgan fingerprint density at radius 1 is 1.03 bits per heavy atom. The first kappa shape index (κ1) is 26.9. The standard InChI is InChI=1S/C27H24ClN5O4S/c1-3-37-23-14-12-22(13-15-23)33-25(19-8-10-21(28)11-9-19)31-32-27(33)38-17-24(34)30-29-16-18-4-6-20(7-5-18)26(35)36-2/h4-16H,3,17H2,1-2H3,(H,30,34). The molecule has 11 heteroatoms. The molecule has 194 valence electrons. The molecule has 0 radical (unpaired) electrons. The molecule has 0 atom stereocenters. The largest absolute Gasteiger partial charge is 0.494 e. The van der Waals surface area contributed by atoms with Gasteiger partial charge in [0.1, 0.15) is 5.75 Å². The Hall–Kier alpha value is -4.15. The second-order valence-electron chi connectivity index (χ2n) is 7.77. The van der Waals surface area contributed by atoms with E-state index in [0.717, 1.165) is 17.0 Å². The summed E-state index contributed by atoms with van der Waals surface area (Å²) in [6.45, 7) is 2.50. The SMILES string of the molecule is CCOc1ccc(-n2c(SCC(=O)NN=Cc3ccc(C(=O)OC)cc3)nnc2-c2ccc(Cl)cc2)cc1. The Balaban J connectivity index is 1.47. The van der Waals surface area contributed by atoms with E-state index in [9.17, 15) is 9.59 Å². The molecule has 1 N–H and O–H groups in total. The molecule has 0 aliphatic carbocycles. The number of amides is 1. The fourth-order valence-electron chi connectivity index (χ4n) is 3.40. The molecular weight excluding hydrogens is 526 g/mol. The molecule has 3 aromatic carbocycles. The molecule has 0 fully saturated rings. The lowest BCUT2D eigenvalue weighted by atomic mass is 10.1. The number of nitrogens with one attached hydrogen (secondary N) is 1. The van der Waals surface area contributed by atoms with Crippen LogP contribution in [0.2, 0.25) is 5.02 Å². The van der Waals surface area contributed by atoms with Crippen LogP contribution in [0.4, 0.5) is 0 Å². The van der Waals surface area contributed by atoms with Crippen molar-refractivity contribution < 1.29 is 19.1 Å². The Morgan fingerprint density at radius 3 is 2.39 bits per heavy atom. The van der Waals surface area contributed by atoms with Gasteiger partial charge in [0, 0.05) is 16.3 Å². The fourth-order valence-corrected chi connectivity index (χ4v) is 4.27. The van der Waals surface area contributed by atoms with E-state index >= 15 is 0 Å². The molecule has 4 aromatic rings. The smallest absolute Gasteiger partial charge is 0.337 e. The molecule has 0 unspecified atom stereocenters. The number of aromatic nitrogens is 3. The van der Waals surface area contributed by atoms with Crippen LogP contribution in [0.1, 0.15) is 22.8 Å². The number of rotatable bonds is 10. The van der Waals surface area contributed by atoms with Gasteiger partial charge in [-0.05, 0) is 73.2 Å². The number of thioether (sulfide) groups is 1. The van der Waals surface area contributed by atoms with Crippen molar-refractivity contribution >= 4 is 41.5 Å². The van der Waals surface area contributed by atoms with Gasteiger partial charge in [-0.15, -0.1) is 10.2 Å². The number of ether oxygens (including phenoxy) is 2. The predicted molar refractivity (Wildman–Crippen MR) is 147 cm³/mol. The summed E-state index contributed by atoms with van der Waals surface area (Å²) in [4.78, 5) is 24.0. The first-order valence-corrected chi connectivity index (χ1v) is 12.9. The maximum atomic E-state index is 12.5. The molecule has 0 saturated heterocycles. The number of halogens is 1. The van der Waals surface area contributed by atoms with Gasteiger partial charge in [0.2, 0.25) is 0 Å². The Kier molecular flexibility index (Phi) is 9.12. The van der Waals surface area contributed by atoms with Crippen LogP contribution in [0.5, 0.6) is 5.75 Å². The summed E-state index contributed by atoms with van der Waals surface area (Å²) in [5.41, 5.74) is 5.30. The van der Waals surface area contributed by atoms with Crippen LogP contribution in [-0.2, 0) is 9.53 Å². The topological polar surface area (TPSA) is 108 Å². The van der Waals surface area contributed by atoms with Crippen molar-refractivity contribution in [1.29, 1.82) is 0 Å². The van der Waals surface area contributed by atoms with Gasteiger partial charge in [0.25, 0.3) is 5.91 Å². The third kappa shape index (κ3) is 6.78. The average Bonchev–Trinajstić information content (AvgIpc) is 3.37. The molecule has 0 bridgehead atoms. The van der Waals surface area contributed by atoms with Crippen LogP contribution in [0.15, 0.2) is 83.1 Å². The van der Waals surface area contributed by atoms with Crippen molar-refractivity contribution in [3.8, 4) is 22.8 Å². The first-order chi connectivity index (χ1) is 18.5. The summed E-state index contributed by atoms with van der Waals surface area (Å²) in [6, 6.07) is 21.5. The van der Waals surface area contributed by atoms with Gasteiger partial charge in [-0.25, -0.2) is 10.2 Å². The number of hydrogen-bond acceptors (Lipinski definition) is 8. The Morgan fingerprint density at radius 2 is 1.74 bits per heavy atom. The number of nitrogens with zero attached hydrogens (tertiary/aromatic N) is 4. The summed E-state index contributed by atoms with van der Waals surface area (Å²) in [5.74, 6) is 0.697. The number of carbonyl (C=O) groups is 2. The van der Waals surface area contributed by atoms with E-state index in [0.29, 0.717) is 33.7 Å². The van der Waals surface area contributed by atoms with Crippen molar-refractivity contribution in [3.05, 3.63) is 88.9 Å². The van der Waals surface area contributed by atoms with E-state index in [1.165, 1.54) is 25.1 Å². The minimum absolute atomic E-state index is 0.0639. The van der Waals surface area contributed by atoms with Crippen LogP contribution < -0.4 is 10.2 Å². The van der Waals surface area contributed by atoms with Crippen LogP contribution in [0.25, 0.3) is 17.1 Å². The summed E-state index contributed by atoms with van der Waals surface area (Å²) < 4.78 is 12.1. The third-order valence-electron chi connectivity index (χ3n) is 5.21. The van der Waals surface area contributed by atoms with E-state index < -0.39 is 5.97 Å². The van der Waals surface area contributed by atoms with E-state index in [1.54, 1.807) is 36.4 Å². The van der Waals surface area contributed by atoms with Gasteiger partial charge in [0.05, 0.1) is 31.2 Å². The number of hydrazone groups is 1. The number of esters is 1.